The van der Waals surface area contributed by atoms with Gasteiger partial charge >= 0.3 is 19.7 Å². The third kappa shape index (κ3) is 10.7. The quantitative estimate of drug-likeness (QED) is 0.207. The van der Waals surface area contributed by atoms with Gasteiger partial charge in [0.25, 0.3) is 0 Å². The van der Waals surface area contributed by atoms with Crippen molar-refractivity contribution in [1.29, 1.82) is 0 Å². The minimum atomic E-state index is -4.21. The second kappa shape index (κ2) is 15.9. The number of esters is 1. The van der Waals surface area contributed by atoms with E-state index in [1.54, 1.807) is 116 Å². The lowest BCUT2D eigenvalue weighted by atomic mass is 9.85. The van der Waals surface area contributed by atoms with Gasteiger partial charge in [-0.1, -0.05) is 71.0 Å². The van der Waals surface area contributed by atoms with Crippen molar-refractivity contribution in [3.05, 3.63) is 60.7 Å². The predicted octanol–water partition coefficient (Wildman–Crippen LogP) is 4.85. The third-order valence-corrected chi connectivity index (χ3v) is 9.64. The van der Waals surface area contributed by atoms with Crippen LogP contribution in [0.5, 0.6) is 11.5 Å². The fourth-order valence-corrected chi connectivity index (χ4v) is 7.20. The van der Waals surface area contributed by atoms with Gasteiger partial charge in [0, 0.05) is 6.42 Å². The predicted molar refractivity (Wildman–Crippen MR) is 180 cm³/mol. The number of hydrogen-bond donors (Lipinski definition) is 3. The average Bonchev–Trinajstić information content (AvgIpc) is 3.41. The number of benzene rings is 2. The fourth-order valence-electron chi connectivity index (χ4n) is 5.09. The number of para-hydroxylation sites is 2. The highest BCUT2D eigenvalue weighted by Gasteiger charge is 2.49. The zero-order valence-electron chi connectivity index (χ0n) is 28.9. The summed E-state index contributed by atoms with van der Waals surface area (Å²) < 4.78 is 37.6. The van der Waals surface area contributed by atoms with Crippen LogP contribution in [0.15, 0.2) is 60.7 Å². The highest BCUT2D eigenvalue weighted by Crippen LogP contribution is 2.54. The van der Waals surface area contributed by atoms with Crippen LogP contribution < -0.4 is 25.4 Å². The lowest BCUT2D eigenvalue weighted by molar-refractivity contribution is -0.148. The van der Waals surface area contributed by atoms with Crippen LogP contribution in [0.2, 0.25) is 0 Å². The number of hydrogen-bond acceptors (Lipinski definition) is 10. The molecule has 1 aliphatic heterocycles. The number of carbonyl (C=O) groups excluding carboxylic acids is 4. The molecule has 0 aliphatic carbocycles. The van der Waals surface area contributed by atoms with Crippen molar-refractivity contribution in [2.75, 3.05) is 13.1 Å². The van der Waals surface area contributed by atoms with Gasteiger partial charge in [-0.3, -0.25) is 14.4 Å². The normalized spacial score (nSPS) is 18.0. The van der Waals surface area contributed by atoms with E-state index in [2.05, 4.69) is 10.6 Å². The maximum Gasteiger partial charge on any atom is 0.453 e. The lowest BCUT2D eigenvalue weighted by Crippen LogP contribution is -2.59. The van der Waals surface area contributed by atoms with E-state index in [-0.39, 0.29) is 24.5 Å². The Morgan fingerprint density at radius 3 is 1.85 bits per heavy atom. The van der Waals surface area contributed by atoms with Crippen LogP contribution in [0.3, 0.4) is 0 Å². The van der Waals surface area contributed by atoms with Crippen LogP contribution in [0.1, 0.15) is 61.8 Å². The third-order valence-electron chi connectivity index (χ3n) is 7.30. The van der Waals surface area contributed by atoms with Gasteiger partial charge in [-0.2, -0.15) is 0 Å². The molecule has 1 unspecified atom stereocenters. The van der Waals surface area contributed by atoms with E-state index in [1.165, 1.54) is 4.90 Å². The Balaban J connectivity index is 1.98. The highest BCUT2D eigenvalue weighted by molar-refractivity contribution is 7.55. The fraction of sp³-hybridized carbons (Fsp3) is 0.529. The number of amides is 3. The molecule has 1 heterocycles. The monoisotopic (exact) mass is 688 g/mol. The van der Waals surface area contributed by atoms with Crippen molar-refractivity contribution in [2.45, 2.75) is 91.4 Å². The van der Waals surface area contributed by atoms with Gasteiger partial charge in [0.1, 0.15) is 35.3 Å². The van der Waals surface area contributed by atoms with E-state index in [1.807, 2.05) is 0 Å². The summed E-state index contributed by atoms with van der Waals surface area (Å²) in [5, 5.41) is 5.50. The second-order valence-corrected chi connectivity index (χ2v) is 16.1. The first-order valence-electron chi connectivity index (χ1n) is 15.9. The van der Waals surface area contributed by atoms with Crippen LogP contribution in [0.4, 0.5) is 4.79 Å². The van der Waals surface area contributed by atoms with Crippen LogP contribution in [0, 0.1) is 11.3 Å². The molecule has 4 atom stereocenters. The molecule has 264 valence electrons. The van der Waals surface area contributed by atoms with Crippen LogP contribution in [0.25, 0.3) is 0 Å². The molecule has 3 amide bonds. The summed E-state index contributed by atoms with van der Waals surface area (Å²) >= 11 is 0. The van der Waals surface area contributed by atoms with Gasteiger partial charge in [-0.15, -0.1) is 0 Å². The Labute approximate surface area is 282 Å². The van der Waals surface area contributed by atoms with E-state index < -0.39 is 78.9 Å². The van der Waals surface area contributed by atoms with Gasteiger partial charge < -0.3 is 39.8 Å². The molecular weight excluding hydrogens is 639 g/mol. The SMILES string of the molecule is CC(C)C(NC(=O)[C@@H]1C[C@@H](OC(=O)CN)CN1C(=O)[C@@H](NC(=O)OC(C)(C)C)C(C)(C)C)P(=O)(Oc1ccccc1)Oc1ccccc1. The summed E-state index contributed by atoms with van der Waals surface area (Å²) in [5.41, 5.74) is 3.83. The van der Waals surface area contributed by atoms with Gasteiger partial charge in [0.05, 0.1) is 13.1 Å². The molecule has 0 spiro atoms. The number of nitrogens with zero attached hydrogens (tertiary/aromatic N) is 1. The van der Waals surface area contributed by atoms with Gasteiger partial charge in [-0.05, 0) is 56.4 Å². The summed E-state index contributed by atoms with van der Waals surface area (Å²) in [6, 6.07) is 14.6. The molecule has 1 saturated heterocycles. The number of nitrogens with one attached hydrogen (secondary N) is 2. The molecule has 4 N–H and O–H groups in total. The molecule has 14 heteroatoms. The van der Waals surface area contributed by atoms with Crippen LogP contribution >= 0.6 is 7.60 Å². The molecule has 0 saturated carbocycles. The zero-order chi connectivity index (χ0) is 35.9. The molecule has 13 nitrogen and oxygen atoms in total. The Morgan fingerprint density at radius 2 is 1.42 bits per heavy atom. The van der Waals surface area contributed by atoms with Gasteiger partial charge in [0.2, 0.25) is 11.8 Å². The standard InChI is InChI=1S/C34H49N4O9P/c1-22(2)30(48(43,46-23-15-11-9-12-16-23)47-24-17-13-10-14-18-24)37-29(40)26-19-25(44-27(39)20-35)21-38(26)31(41)28(33(3,4)5)36-32(42)45-34(6,7)8/h9-18,22,25-26,28,30H,19-21,35H2,1-8H3,(H,36,42)(H,37,40)/t25-,26+,28-,30?/m1/s1. The largest absolute Gasteiger partial charge is 0.459 e. The zero-order valence-corrected chi connectivity index (χ0v) is 29.8. The molecule has 2 aromatic carbocycles. The summed E-state index contributed by atoms with van der Waals surface area (Å²) in [4.78, 5) is 54.6. The Hall–Kier alpha value is -4.09. The van der Waals surface area contributed by atoms with Crippen molar-refractivity contribution in [2.24, 2.45) is 17.1 Å². The van der Waals surface area contributed by atoms with Crippen molar-refractivity contribution < 1.29 is 42.3 Å². The lowest BCUT2D eigenvalue weighted by Gasteiger charge is -2.36. The maximum atomic E-state index is 14.7. The Bertz CT molecular complexity index is 1410. The minimum absolute atomic E-state index is 0.0686. The van der Waals surface area contributed by atoms with E-state index in [0.29, 0.717) is 0 Å². The smallest absolute Gasteiger partial charge is 0.453 e. The van der Waals surface area contributed by atoms with Crippen molar-refractivity contribution >= 4 is 31.5 Å². The molecule has 48 heavy (non-hydrogen) atoms. The van der Waals surface area contributed by atoms with Crippen molar-refractivity contribution in [1.82, 2.24) is 15.5 Å². The highest BCUT2D eigenvalue weighted by atomic mass is 31.2. The Kier molecular flexibility index (Phi) is 12.7. The van der Waals surface area contributed by atoms with E-state index in [4.69, 9.17) is 24.3 Å². The van der Waals surface area contributed by atoms with Crippen molar-refractivity contribution in [3.8, 4) is 11.5 Å². The molecule has 1 fully saturated rings. The first-order chi connectivity index (χ1) is 22.3. The minimum Gasteiger partial charge on any atom is -0.459 e. The van der Waals surface area contributed by atoms with E-state index in [0.717, 1.165) is 0 Å². The Morgan fingerprint density at radius 1 is 0.896 bits per heavy atom. The molecule has 3 rings (SSSR count). The summed E-state index contributed by atoms with van der Waals surface area (Å²) in [7, 11) is -4.21. The summed E-state index contributed by atoms with van der Waals surface area (Å²) in [6.45, 7) is 13.4. The van der Waals surface area contributed by atoms with E-state index in [9.17, 15) is 23.7 Å². The number of rotatable bonds is 12. The summed E-state index contributed by atoms with van der Waals surface area (Å²) in [5.74, 6) is -3.08. The van der Waals surface area contributed by atoms with Gasteiger partial charge in [-0.25, -0.2) is 9.36 Å². The van der Waals surface area contributed by atoms with Crippen LogP contribution in [-0.2, 0) is 28.4 Å². The first-order valence-corrected chi connectivity index (χ1v) is 17.5. The number of alkyl carbamates (subject to hydrolysis) is 1. The molecule has 0 radical (unpaired) electrons. The maximum absolute atomic E-state index is 14.7. The van der Waals surface area contributed by atoms with Gasteiger partial charge in [0.15, 0.2) is 5.78 Å². The first kappa shape index (κ1) is 38.4. The average molecular weight is 689 g/mol. The van der Waals surface area contributed by atoms with E-state index >= 15 is 0 Å². The second-order valence-electron chi connectivity index (χ2n) is 14.0. The number of carbonyl (C=O) groups is 4. The van der Waals surface area contributed by atoms with Crippen LogP contribution in [-0.4, -0.2) is 71.4 Å². The van der Waals surface area contributed by atoms with Crippen molar-refractivity contribution in [3.63, 3.8) is 0 Å². The molecule has 0 aromatic heterocycles. The summed E-state index contributed by atoms with van der Waals surface area (Å²) in [6.07, 6.45) is -1.74. The molecule has 2 aromatic rings. The topological polar surface area (TPSA) is 176 Å². The molecule has 0 bridgehead atoms. The number of ether oxygens (including phenoxy) is 2. The molecule has 1 aliphatic rings. The number of likely N-dealkylation sites (tertiary alicyclic amines) is 1. The number of nitrogens with two attached hydrogens (primary N) is 1. The molecular formula is C34H49N4O9P.